The number of ether oxygens (including phenoxy) is 2. The lowest BCUT2D eigenvalue weighted by atomic mass is 10.1. The fraction of sp³-hybridized carbons (Fsp3) is 0.214. The van der Waals surface area contributed by atoms with Gasteiger partial charge in [-0.15, -0.1) is 0 Å². The molecule has 0 aliphatic rings. The molecule has 1 aromatic heterocycles. The Hall–Kier alpha value is -2.63. The molecule has 0 saturated carbocycles. The van der Waals surface area contributed by atoms with Crippen LogP contribution in [0.15, 0.2) is 22.8 Å². The predicted molar refractivity (Wildman–Crippen MR) is 68.8 cm³/mol. The number of esters is 2. The van der Waals surface area contributed by atoms with Crippen molar-refractivity contribution in [2.24, 2.45) is 0 Å². The summed E-state index contributed by atoms with van der Waals surface area (Å²) in [4.78, 5) is 34.0. The van der Waals surface area contributed by atoms with Gasteiger partial charge in [0, 0.05) is 19.9 Å². The summed E-state index contributed by atoms with van der Waals surface area (Å²) >= 11 is 0. The highest BCUT2D eigenvalue weighted by atomic mass is 16.5. The molecule has 1 heterocycles. The first-order valence-corrected chi connectivity index (χ1v) is 5.82. The van der Waals surface area contributed by atoms with E-state index in [1.54, 1.807) is 6.07 Å². The first-order valence-electron chi connectivity index (χ1n) is 5.82. The highest BCUT2D eigenvalue weighted by molar-refractivity contribution is 6.09. The van der Waals surface area contributed by atoms with Gasteiger partial charge in [0.1, 0.15) is 17.1 Å². The second-order valence-electron chi connectivity index (χ2n) is 4.15. The maximum Gasteiger partial charge on any atom is 0.308 e. The fourth-order valence-corrected chi connectivity index (χ4v) is 1.89. The third-order valence-corrected chi connectivity index (χ3v) is 2.53. The summed E-state index contributed by atoms with van der Waals surface area (Å²) in [5.74, 6) is -1.27. The van der Waals surface area contributed by atoms with E-state index in [0.29, 0.717) is 5.39 Å². The Bertz CT molecular complexity index is 710. The zero-order valence-electron chi connectivity index (χ0n) is 11.2. The lowest BCUT2D eigenvalue weighted by Crippen LogP contribution is -2.08. The molecule has 0 radical (unpaired) electrons. The molecule has 0 amide bonds. The molecule has 0 aliphatic carbocycles. The largest absolute Gasteiger partial charge is 0.463 e. The molecule has 2 rings (SSSR count). The number of carbonyl (C=O) groups is 3. The SMILES string of the molecule is CC(=O)Oc1cc(OC(C)=O)c2ccoc2c1C(C)=O. The second kappa shape index (κ2) is 5.16. The summed E-state index contributed by atoms with van der Waals surface area (Å²) in [6, 6.07) is 2.90. The third kappa shape index (κ3) is 2.54. The van der Waals surface area contributed by atoms with Crippen molar-refractivity contribution in [1.82, 2.24) is 0 Å². The molecule has 0 bridgehead atoms. The van der Waals surface area contributed by atoms with Gasteiger partial charge in [-0.1, -0.05) is 0 Å². The maximum atomic E-state index is 11.7. The van der Waals surface area contributed by atoms with Crippen molar-refractivity contribution in [3.8, 4) is 11.5 Å². The van der Waals surface area contributed by atoms with Crippen molar-refractivity contribution in [2.45, 2.75) is 20.8 Å². The van der Waals surface area contributed by atoms with Crippen LogP contribution in [-0.4, -0.2) is 17.7 Å². The van der Waals surface area contributed by atoms with Gasteiger partial charge >= 0.3 is 11.9 Å². The van der Waals surface area contributed by atoms with Crippen LogP contribution in [0, 0.1) is 0 Å². The molecular formula is C14H12O6. The van der Waals surface area contributed by atoms with Crippen molar-refractivity contribution in [3.63, 3.8) is 0 Å². The van der Waals surface area contributed by atoms with Gasteiger partial charge in [-0.25, -0.2) is 0 Å². The van der Waals surface area contributed by atoms with Gasteiger partial charge in [0.05, 0.1) is 11.6 Å². The molecule has 0 N–H and O–H groups in total. The van der Waals surface area contributed by atoms with Crippen molar-refractivity contribution >= 4 is 28.7 Å². The Morgan fingerprint density at radius 1 is 1.00 bits per heavy atom. The summed E-state index contributed by atoms with van der Waals surface area (Å²) in [6.07, 6.45) is 1.36. The minimum absolute atomic E-state index is 0.00343. The van der Waals surface area contributed by atoms with Gasteiger partial charge in [0.25, 0.3) is 0 Å². The van der Waals surface area contributed by atoms with Crippen LogP contribution in [0.25, 0.3) is 11.0 Å². The van der Waals surface area contributed by atoms with E-state index in [9.17, 15) is 14.4 Å². The quantitative estimate of drug-likeness (QED) is 0.486. The predicted octanol–water partition coefficient (Wildman–Crippen LogP) is 2.49. The Morgan fingerprint density at radius 2 is 1.60 bits per heavy atom. The molecule has 0 spiro atoms. The van der Waals surface area contributed by atoms with E-state index < -0.39 is 11.9 Å². The topological polar surface area (TPSA) is 82.8 Å². The van der Waals surface area contributed by atoms with Crippen molar-refractivity contribution in [2.75, 3.05) is 0 Å². The molecule has 104 valence electrons. The van der Waals surface area contributed by atoms with Gasteiger partial charge in [0.2, 0.25) is 0 Å². The number of hydrogen-bond donors (Lipinski definition) is 0. The lowest BCUT2D eigenvalue weighted by molar-refractivity contribution is -0.132. The first-order chi connectivity index (χ1) is 9.40. The number of carbonyl (C=O) groups excluding carboxylic acids is 3. The monoisotopic (exact) mass is 276 g/mol. The minimum atomic E-state index is -0.591. The first kappa shape index (κ1) is 13.8. The van der Waals surface area contributed by atoms with Crippen LogP contribution < -0.4 is 9.47 Å². The second-order valence-corrected chi connectivity index (χ2v) is 4.15. The average molecular weight is 276 g/mol. The summed E-state index contributed by atoms with van der Waals surface area (Å²) in [7, 11) is 0. The number of hydrogen-bond acceptors (Lipinski definition) is 6. The minimum Gasteiger partial charge on any atom is -0.463 e. The summed E-state index contributed by atoms with van der Waals surface area (Å²) in [5.41, 5.74) is 0.351. The van der Waals surface area contributed by atoms with Gasteiger partial charge in [-0.3, -0.25) is 14.4 Å². The maximum absolute atomic E-state index is 11.7. The Labute approximate surface area is 114 Å². The molecule has 2 aromatic rings. The molecule has 1 aromatic carbocycles. The van der Waals surface area contributed by atoms with Gasteiger partial charge in [-0.2, -0.15) is 0 Å². The lowest BCUT2D eigenvalue weighted by Gasteiger charge is -2.10. The van der Waals surface area contributed by atoms with E-state index in [-0.39, 0.29) is 28.4 Å². The van der Waals surface area contributed by atoms with E-state index in [1.807, 2.05) is 0 Å². The van der Waals surface area contributed by atoms with Crippen LogP contribution in [0.4, 0.5) is 0 Å². The van der Waals surface area contributed by atoms with Gasteiger partial charge < -0.3 is 13.9 Å². The Kier molecular flexibility index (Phi) is 3.56. The van der Waals surface area contributed by atoms with Crippen molar-refractivity contribution in [3.05, 3.63) is 24.0 Å². The Balaban J connectivity index is 2.73. The number of rotatable bonds is 3. The van der Waals surface area contributed by atoms with E-state index >= 15 is 0 Å². The van der Waals surface area contributed by atoms with Crippen LogP contribution in [-0.2, 0) is 9.59 Å². The van der Waals surface area contributed by atoms with Crippen LogP contribution in [0.1, 0.15) is 31.1 Å². The van der Waals surface area contributed by atoms with Crippen LogP contribution in [0.5, 0.6) is 11.5 Å². The molecule has 6 nitrogen and oxygen atoms in total. The van der Waals surface area contributed by atoms with E-state index in [1.165, 1.54) is 33.1 Å². The summed E-state index contributed by atoms with van der Waals surface area (Å²) < 4.78 is 15.3. The van der Waals surface area contributed by atoms with Crippen molar-refractivity contribution in [1.29, 1.82) is 0 Å². The third-order valence-electron chi connectivity index (χ3n) is 2.53. The standard InChI is InChI=1S/C14H12O6/c1-7(15)13-12(20-9(3)17)6-11(19-8(2)16)10-4-5-18-14(10)13/h4-6H,1-3H3. The molecule has 0 unspecified atom stereocenters. The molecule has 20 heavy (non-hydrogen) atoms. The average Bonchev–Trinajstić information content (AvgIpc) is 2.75. The molecule has 6 heteroatoms. The Morgan fingerprint density at radius 3 is 2.15 bits per heavy atom. The number of furan rings is 1. The molecule has 0 saturated heterocycles. The van der Waals surface area contributed by atoms with E-state index in [0.717, 1.165) is 0 Å². The van der Waals surface area contributed by atoms with Gasteiger partial charge in [-0.05, 0) is 13.0 Å². The number of benzene rings is 1. The normalized spacial score (nSPS) is 10.3. The highest BCUT2D eigenvalue weighted by Crippen LogP contribution is 2.37. The summed E-state index contributed by atoms with van der Waals surface area (Å²) in [6.45, 7) is 3.79. The smallest absolute Gasteiger partial charge is 0.308 e. The molecule has 0 atom stereocenters. The van der Waals surface area contributed by atoms with E-state index in [4.69, 9.17) is 13.9 Å². The zero-order chi connectivity index (χ0) is 14.9. The fourth-order valence-electron chi connectivity index (χ4n) is 1.89. The van der Waals surface area contributed by atoms with Crippen LogP contribution in [0.2, 0.25) is 0 Å². The van der Waals surface area contributed by atoms with Crippen LogP contribution >= 0.6 is 0 Å². The molecule has 0 aliphatic heterocycles. The van der Waals surface area contributed by atoms with Crippen molar-refractivity contribution < 1.29 is 28.3 Å². The number of Topliss-reactive ketones (excluding diaryl/α,β-unsaturated/α-hetero) is 1. The highest BCUT2D eigenvalue weighted by Gasteiger charge is 2.21. The van der Waals surface area contributed by atoms with Gasteiger partial charge in [0.15, 0.2) is 11.4 Å². The molecule has 0 fully saturated rings. The van der Waals surface area contributed by atoms with Crippen LogP contribution in [0.3, 0.4) is 0 Å². The van der Waals surface area contributed by atoms with E-state index in [2.05, 4.69) is 0 Å². The number of fused-ring (bicyclic) bond motifs is 1. The number of ketones is 1. The summed E-state index contributed by atoms with van der Waals surface area (Å²) in [5, 5.41) is 0.460. The molecular weight excluding hydrogens is 264 g/mol. The zero-order valence-corrected chi connectivity index (χ0v) is 11.2.